The maximum Gasteiger partial charge on any atom is 0.232 e. The lowest BCUT2D eigenvalue weighted by Crippen LogP contribution is -2.14. The second-order valence-corrected chi connectivity index (χ2v) is 9.19. The van der Waals surface area contributed by atoms with E-state index in [1.165, 1.54) is 6.20 Å². The lowest BCUT2D eigenvalue weighted by atomic mass is 10.0. The smallest absolute Gasteiger partial charge is 0.232 e. The third-order valence-corrected chi connectivity index (χ3v) is 6.23. The summed E-state index contributed by atoms with van der Waals surface area (Å²) in [6, 6.07) is 13.0. The Hall–Kier alpha value is -2.93. The molecule has 0 fully saturated rings. The molecule has 6 nitrogen and oxygen atoms in total. The Bertz CT molecular complexity index is 1120. The van der Waals surface area contributed by atoms with Crippen molar-refractivity contribution in [2.24, 2.45) is 0 Å². The van der Waals surface area contributed by atoms with E-state index in [0.717, 1.165) is 22.5 Å². The van der Waals surface area contributed by atoms with E-state index in [2.05, 4.69) is 14.7 Å². The molecule has 1 atom stereocenters. The first-order valence-corrected chi connectivity index (χ1v) is 11.1. The average molecular weight is 412 g/mol. The number of hydrogen-bond acceptors (Lipinski definition) is 4. The lowest BCUT2D eigenvalue weighted by Gasteiger charge is -2.11. The fourth-order valence-electron chi connectivity index (χ4n) is 3.04. The van der Waals surface area contributed by atoms with Crippen LogP contribution in [0.1, 0.15) is 58.3 Å². The van der Waals surface area contributed by atoms with Crippen molar-refractivity contribution < 1.29 is 13.2 Å². The van der Waals surface area contributed by atoms with Crippen molar-refractivity contribution in [1.82, 2.24) is 9.97 Å². The highest BCUT2D eigenvalue weighted by atomic mass is 32.2. The van der Waals surface area contributed by atoms with Gasteiger partial charge in [0, 0.05) is 22.9 Å². The summed E-state index contributed by atoms with van der Waals surface area (Å²) in [6.45, 7) is 7.46. The molecule has 2 N–H and O–H groups in total. The summed E-state index contributed by atoms with van der Waals surface area (Å²) in [5.41, 5.74) is 5.29. The third-order valence-electron chi connectivity index (χ3n) is 4.93. The van der Waals surface area contributed by atoms with Crippen molar-refractivity contribution in [3.8, 4) is 0 Å². The summed E-state index contributed by atoms with van der Waals surface area (Å²) in [4.78, 5) is 20.5. The minimum Gasteiger partial charge on any atom is -0.355 e. The van der Waals surface area contributed by atoms with Gasteiger partial charge in [0.05, 0.1) is 23.3 Å². The predicted octanol–water partition coefficient (Wildman–Crippen LogP) is 4.17. The molecule has 1 aromatic carbocycles. The highest BCUT2D eigenvalue weighted by molar-refractivity contribution is 7.92. The van der Waals surface area contributed by atoms with Gasteiger partial charge in [0.1, 0.15) is 0 Å². The summed E-state index contributed by atoms with van der Waals surface area (Å²) in [6.07, 6.45) is 1.51. The van der Waals surface area contributed by atoms with Crippen LogP contribution in [0.3, 0.4) is 0 Å². The number of ketones is 1. The number of hydrogen-bond donors (Lipinski definition) is 2. The summed E-state index contributed by atoms with van der Waals surface area (Å²) in [5, 5.41) is 0. The second kappa shape index (κ2) is 8.21. The van der Waals surface area contributed by atoms with Crippen LogP contribution in [0.15, 0.2) is 48.7 Å². The van der Waals surface area contributed by atoms with Gasteiger partial charge in [-0.25, -0.2) is 8.42 Å². The van der Waals surface area contributed by atoms with Crippen LogP contribution in [0, 0.1) is 13.8 Å². The number of benzene rings is 1. The first kappa shape index (κ1) is 20.8. The van der Waals surface area contributed by atoms with E-state index in [4.69, 9.17) is 0 Å². The fourth-order valence-corrected chi connectivity index (χ4v) is 3.66. The standard InChI is InChI=1S/C22H25N3O3S/c1-5-29(27,28)25-18-10-11-19(23-13-18)16(4)20-12-15(3)21(24-20)22(26)17-8-6-14(2)7-9-17/h6-13,16,24-25H,5H2,1-4H3. The van der Waals surface area contributed by atoms with E-state index < -0.39 is 10.0 Å². The molecule has 7 heteroatoms. The Balaban J connectivity index is 1.81. The number of nitrogens with one attached hydrogen (secondary N) is 2. The topological polar surface area (TPSA) is 91.9 Å². The van der Waals surface area contributed by atoms with Crippen LogP contribution < -0.4 is 4.72 Å². The number of sulfonamides is 1. The number of nitrogens with zero attached hydrogens (tertiary/aromatic N) is 1. The zero-order chi connectivity index (χ0) is 21.2. The van der Waals surface area contributed by atoms with Gasteiger partial charge in [-0.15, -0.1) is 0 Å². The highest BCUT2D eigenvalue weighted by Crippen LogP contribution is 2.26. The summed E-state index contributed by atoms with van der Waals surface area (Å²) in [5.74, 6) is -0.117. The van der Waals surface area contributed by atoms with Crippen LogP contribution in [0.5, 0.6) is 0 Å². The Morgan fingerprint density at radius 2 is 1.83 bits per heavy atom. The molecule has 0 aliphatic heterocycles. The maximum absolute atomic E-state index is 12.8. The van der Waals surface area contributed by atoms with E-state index in [0.29, 0.717) is 16.9 Å². The molecule has 0 bridgehead atoms. The summed E-state index contributed by atoms with van der Waals surface area (Å²) in [7, 11) is -3.33. The van der Waals surface area contributed by atoms with E-state index in [1.807, 2.05) is 51.1 Å². The number of anilines is 1. The van der Waals surface area contributed by atoms with Crippen molar-refractivity contribution >= 4 is 21.5 Å². The molecular formula is C22H25N3O3S. The predicted molar refractivity (Wildman–Crippen MR) is 115 cm³/mol. The molecular weight excluding hydrogens is 386 g/mol. The lowest BCUT2D eigenvalue weighted by molar-refractivity contribution is 0.103. The molecule has 1 unspecified atom stereocenters. The number of aryl methyl sites for hydroxylation is 2. The molecule has 29 heavy (non-hydrogen) atoms. The fraction of sp³-hybridized carbons (Fsp3) is 0.273. The monoisotopic (exact) mass is 411 g/mol. The van der Waals surface area contributed by atoms with Crippen molar-refractivity contribution in [2.75, 3.05) is 10.5 Å². The highest BCUT2D eigenvalue weighted by Gasteiger charge is 2.19. The number of carbonyl (C=O) groups is 1. The molecule has 0 saturated heterocycles. The molecule has 0 spiro atoms. The van der Waals surface area contributed by atoms with Crippen LogP contribution >= 0.6 is 0 Å². The number of rotatable bonds is 7. The van der Waals surface area contributed by atoms with Crippen molar-refractivity contribution in [3.05, 3.63) is 82.4 Å². The largest absolute Gasteiger partial charge is 0.355 e. The van der Waals surface area contributed by atoms with Crippen LogP contribution in [0.2, 0.25) is 0 Å². The minimum absolute atomic E-state index is 0.00466. The maximum atomic E-state index is 12.8. The zero-order valence-corrected chi connectivity index (χ0v) is 17.8. The average Bonchev–Trinajstić information content (AvgIpc) is 3.09. The summed E-state index contributed by atoms with van der Waals surface area (Å²) < 4.78 is 25.8. The van der Waals surface area contributed by atoms with Gasteiger partial charge in [-0.3, -0.25) is 14.5 Å². The normalized spacial score (nSPS) is 12.6. The van der Waals surface area contributed by atoms with Crippen LogP contribution in [0.25, 0.3) is 0 Å². The Morgan fingerprint density at radius 3 is 2.41 bits per heavy atom. The molecule has 0 amide bonds. The van der Waals surface area contributed by atoms with Gasteiger partial charge in [-0.2, -0.15) is 0 Å². The van der Waals surface area contributed by atoms with Crippen LogP contribution in [-0.2, 0) is 10.0 Å². The van der Waals surface area contributed by atoms with E-state index in [9.17, 15) is 13.2 Å². The first-order valence-electron chi connectivity index (χ1n) is 9.47. The Morgan fingerprint density at radius 1 is 1.14 bits per heavy atom. The van der Waals surface area contributed by atoms with Crippen molar-refractivity contribution in [3.63, 3.8) is 0 Å². The minimum atomic E-state index is -3.33. The van der Waals surface area contributed by atoms with Crippen molar-refractivity contribution in [2.45, 2.75) is 33.6 Å². The van der Waals surface area contributed by atoms with Gasteiger partial charge in [-0.1, -0.05) is 36.8 Å². The Kier molecular flexibility index (Phi) is 5.88. The van der Waals surface area contributed by atoms with Crippen molar-refractivity contribution in [1.29, 1.82) is 0 Å². The number of carbonyl (C=O) groups excluding carboxylic acids is 1. The number of H-pyrrole nitrogens is 1. The Labute approximate surface area is 171 Å². The molecule has 0 aliphatic rings. The van der Waals surface area contributed by atoms with E-state index >= 15 is 0 Å². The molecule has 2 aromatic heterocycles. The van der Waals surface area contributed by atoms with E-state index in [-0.39, 0.29) is 17.5 Å². The number of pyridine rings is 1. The second-order valence-electron chi connectivity index (χ2n) is 7.18. The molecule has 0 aliphatic carbocycles. The third kappa shape index (κ3) is 4.74. The molecule has 0 radical (unpaired) electrons. The first-order chi connectivity index (χ1) is 13.7. The SMILES string of the molecule is CCS(=O)(=O)Nc1ccc(C(C)c2cc(C)c(C(=O)c3ccc(C)cc3)[nH]2)nc1. The number of aromatic nitrogens is 2. The number of aromatic amines is 1. The van der Waals surface area contributed by atoms with Gasteiger partial charge in [0.25, 0.3) is 0 Å². The summed E-state index contributed by atoms with van der Waals surface area (Å²) >= 11 is 0. The molecule has 2 heterocycles. The quantitative estimate of drug-likeness (QED) is 0.571. The van der Waals surface area contributed by atoms with Gasteiger partial charge >= 0.3 is 0 Å². The molecule has 3 aromatic rings. The van der Waals surface area contributed by atoms with Gasteiger partial charge < -0.3 is 4.98 Å². The molecule has 152 valence electrons. The zero-order valence-electron chi connectivity index (χ0n) is 17.0. The van der Waals surface area contributed by atoms with Gasteiger partial charge in [0.2, 0.25) is 15.8 Å². The molecule has 3 rings (SSSR count). The van der Waals surface area contributed by atoms with Gasteiger partial charge in [0.15, 0.2) is 0 Å². The van der Waals surface area contributed by atoms with Crippen LogP contribution in [0.4, 0.5) is 5.69 Å². The molecule has 0 saturated carbocycles. The van der Waals surface area contributed by atoms with E-state index in [1.54, 1.807) is 19.1 Å². The van der Waals surface area contributed by atoms with Crippen LogP contribution in [-0.4, -0.2) is 29.9 Å². The van der Waals surface area contributed by atoms with Gasteiger partial charge in [-0.05, 0) is 44.5 Å².